The third kappa shape index (κ3) is 3.51. The van der Waals surface area contributed by atoms with Crippen LogP contribution in [0.5, 0.6) is 0 Å². The van der Waals surface area contributed by atoms with E-state index in [4.69, 9.17) is 5.73 Å². The van der Waals surface area contributed by atoms with Crippen molar-refractivity contribution in [1.82, 2.24) is 0 Å². The topological polar surface area (TPSA) is 43.1 Å². The van der Waals surface area contributed by atoms with E-state index in [9.17, 15) is 4.79 Å². The van der Waals surface area contributed by atoms with Crippen molar-refractivity contribution in [2.45, 2.75) is 19.4 Å². The number of nitrogens with two attached hydrogens (primary N) is 1. The zero-order valence-corrected chi connectivity index (χ0v) is 12.3. The number of rotatable bonds is 5. The average Bonchev–Trinajstić information content (AvgIpc) is 2.75. The first-order chi connectivity index (χ1) is 8.69. The quantitative estimate of drug-likeness (QED) is 0.917. The first-order valence-electron chi connectivity index (χ1n) is 5.72. The minimum atomic E-state index is 0.227. The number of benzene rings is 1. The fourth-order valence-electron chi connectivity index (χ4n) is 1.85. The highest BCUT2D eigenvalue weighted by molar-refractivity contribution is 9.11. The van der Waals surface area contributed by atoms with Gasteiger partial charge in [-0.15, -0.1) is 11.3 Å². The number of hydrogen-bond acceptors (Lipinski definition) is 3. The Morgan fingerprint density at radius 3 is 2.44 bits per heavy atom. The molecule has 0 aliphatic heterocycles. The van der Waals surface area contributed by atoms with Crippen LogP contribution in [-0.4, -0.2) is 5.78 Å². The van der Waals surface area contributed by atoms with Crippen LogP contribution >= 0.6 is 27.3 Å². The van der Waals surface area contributed by atoms with E-state index >= 15 is 0 Å². The molecular weight excluding hydrogens is 310 g/mol. The van der Waals surface area contributed by atoms with Crippen LogP contribution in [0.15, 0.2) is 40.2 Å². The molecule has 0 atom stereocenters. The van der Waals surface area contributed by atoms with Crippen LogP contribution in [0.25, 0.3) is 0 Å². The number of thiophene rings is 1. The minimum Gasteiger partial charge on any atom is -0.326 e. The summed E-state index contributed by atoms with van der Waals surface area (Å²) in [5.74, 6) is 0.227. The second kappa shape index (κ2) is 6.27. The molecule has 18 heavy (non-hydrogen) atoms. The van der Waals surface area contributed by atoms with Gasteiger partial charge in [0.25, 0.3) is 0 Å². The van der Waals surface area contributed by atoms with Crippen molar-refractivity contribution in [2.24, 2.45) is 5.73 Å². The molecule has 0 spiro atoms. The highest BCUT2D eigenvalue weighted by Crippen LogP contribution is 2.23. The van der Waals surface area contributed by atoms with E-state index in [-0.39, 0.29) is 5.78 Å². The van der Waals surface area contributed by atoms with Crippen LogP contribution in [0.3, 0.4) is 0 Å². The Bertz CT molecular complexity index is 550. The summed E-state index contributed by atoms with van der Waals surface area (Å²) in [5, 5.41) is 0. The number of carbonyl (C=O) groups excluding carboxylic acids is 1. The zero-order chi connectivity index (χ0) is 13.0. The largest absolute Gasteiger partial charge is 0.326 e. The highest BCUT2D eigenvalue weighted by atomic mass is 79.9. The van der Waals surface area contributed by atoms with E-state index in [2.05, 4.69) is 15.9 Å². The number of Topliss-reactive ketones (excluding diaryl/α,β-unsaturated/α-hetero) is 1. The summed E-state index contributed by atoms with van der Waals surface area (Å²) in [4.78, 5) is 13.1. The summed E-state index contributed by atoms with van der Waals surface area (Å²) in [7, 11) is 0. The highest BCUT2D eigenvalue weighted by Gasteiger charge is 2.09. The Morgan fingerprint density at radius 2 is 1.83 bits per heavy atom. The molecule has 94 valence electrons. The third-order valence-corrected chi connectivity index (χ3v) is 4.35. The van der Waals surface area contributed by atoms with Gasteiger partial charge in [0.05, 0.1) is 3.79 Å². The normalized spacial score (nSPS) is 10.6. The molecular formula is C14H14BrNOS. The van der Waals surface area contributed by atoms with Crippen LogP contribution in [-0.2, 0) is 24.2 Å². The Balaban J connectivity index is 2.03. The molecule has 1 aromatic carbocycles. The molecule has 0 unspecified atom stereocenters. The van der Waals surface area contributed by atoms with Gasteiger partial charge in [0.2, 0.25) is 0 Å². The minimum absolute atomic E-state index is 0.227. The molecule has 2 aromatic rings. The van der Waals surface area contributed by atoms with Gasteiger partial charge in [-0.1, -0.05) is 24.3 Å². The fourth-order valence-corrected chi connectivity index (χ4v) is 3.36. The van der Waals surface area contributed by atoms with Gasteiger partial charge in [-0.25, -0.2) is 0 Å². The van der Waals surface area contributed by atoms with Gasteiger partial charge in [-0.05, 0) is 39.2 Å². The Kier molecular flexibility index (Phi) is 4.69. The average molecular weight is 324 g/mol. The fraction of sp³-hybridized carbons (Fsp3) is 0.214. The van der Waals surface area contributed by atoms with Gasteiger partial charge in [0.15, 0.2) is 0 Å². The van der Waals surface area contributed by atoms with E-state index in [1.165, 1.54) is 0 Å². The molecule has 0 aliphatic rings. The maximum Gasteiger partial charge on any atom is 0.142 e. The predicted molar refractivity (Wildman–Crippen MR) is 78.8 cm³/mol. The van der Waals surface area contributed by atoms with Gasteiger partial charge >= 0.3 is 0 Å². The molecule has 0 saturated heterocycles. The van der Waals surface area contributed by atoms with Gasteiger partial charge in [-0.2, -0.15) is 0 Å². The lowest BCUT2D eigenvalue weighted by atomic mass is 10.0. The molecule has 1 aromatic heterocycles. The molecule has 0 fully saturated rings. The van der Waals surface area contributed by atoms with Gasteiger partial charge in [0.1, 0.15) is 5.78 Å². The van der Waals surface area contributed by atoms with E-state index in [0.717, 1.165) is 19.8 Å². The second-order valence-corrected chi connectivity index (χ2v) is 6.62. The van der Waals surface area contributed by atoms with Crippen molar-refractivity contribution in [1.29, 1.82) is 0 Å². The summed E-state index contributed by atoms with van der Waals surface area (Å²) in [5.41, 5.74) is 7.76. The molecule has 2 nitrogen and oxygen atoms in total. The summed E-state index contributed by atoms with van der Waals surface area (Å²) in [6, 6.07) is 11.8. The third-order valence-electron chi connectivity index (χ3n) is 2.73. The molecule has 0 saturated carbocycles. The smallest absolute Gasteiger partial charge is 0.142 e. The Labute approximate surface area is 119 Å². The van der Waals surface area contributed by atoms with Gasteiger partial charge in [0, 0.05) is 24.3 Å². The van der Waals surface area contributed by atoms with Crippen LogP contribution in [0.4, 0.5) is 0 Å². The number of ketones is 1. The first-order valence-corrected chi connectivity index (χ1v) is 7.32. The SMILES string of the molecule is NCc1ccccc1CC(=O)Cc1ccc(Br)s1. The van der Waals surface area contributed by atoms with E-state index in [1.807, 2.05) is 36.4 Å². The molecule has 2 N–H and O–H groups in total. The molecule has 0 aliphatic carbocycles. The van der Waals surface area contributed by atoms with Crippen molar-refractivity contribution in [3.63, 3.8) is 0 Å². The zero-order valence-electron chi connectivity index (χ0n) is 9.86. The van der Waals surface area contributed by atoms with Crippen molar-refractivity contribution in [3.05, 3.63) is 56.2 Å². The monoisotopic (exact) mass is 323 g/mol. The van der Waals surface area contributed by atoms with Gasteiger partial charge in [-0.3, -0.25) is 4.79 Å². The summed E-state index contributed by atoms with van der Waals surface area (Å²) in [6.45, 7) is 0.480. The summed E-state index contributed by atoms with van der Waals surface area (Å²) < 4.78 is 1.06. The second-order valence-electron chi connectivity index (χ2n) is 4.07. The molecule has 4 heteroatoms. The lowest BCUT2D eigenvalue weighted by molar-refractivity contribution is -0.117. The summed E-state index contributed by atoms with van der Waals surface area (Å²) >= 11 is 5.01. The summed E-state index contributed by atoms with van der Waals surface area (Å²) in [6.07, 6.45) is 0.956. The Hall–Kier alpha value is -0.970. The maximum absolute atomic E-state index is 12.0. The van der Waals surface area contributed by atoms with Crippen molar-refractivity contribution in [2.75, 3.05) is 0 Å². The lowest BCUT2D eigenvalue weighted by Crippen LogP contribution is -2.09. The van der Waals surface area contributed by atoms with Crippen molar-refractivity contribution < 1.29 is 4.79 Å². The number of carbonyl (C=O) groups is 1. The Morgan fingerprint density at radius 1 is 1.11 bits per heavy atom. The molecule has 1 heterocycles. The van der Waals surface area contributed by atoms with Crippen LogP contribution in [0.2, 0.25) is 0 Å². The van der Waals surface area contributed by atoms with Crippen LogP contribution in [0.1, 0.15) is 16.0 Å². The lowest BCUT2D eigenvalue weighted by Gasteiger charge is -2.06. The van der Waals surface area contributed by atoms with Crippen molar-refractivity contribution in [3.8, 4) is 0 Å². The molecule has 0 radical (unpaired) electrons. The standard InChI is InChI=1S/C14H14BrNOS/c15-14-6-5-13(18-14)8-12(17)7-10-3-1-2-4-11(10)9-16/h1-6H,7-9,16H2. The predicted octanol–water partition coefficient (Wildman–Crippen LogP) is 3.32. The van der Waals surface area contributed by atoms with Crippen LogP contribution in [0, 0.1) is 0 Å². The van der Waals surface area contributed by atoms with Crippen molar-refractivity contribution >= 4 is 33.0 Å². The van der Waals surface area contributed by atoms with E-state index < -0.39 is 0 Å². The molecule has 2 rings (SSSR count). The van der Waals surface area contributed by atoms with Crippen LogP contribution < -0.4 is 5.73 Å². The molecule has 0 bridgehead atoms. The maximum atomic E-state index is 12.0. The van der Waals surface area contributed by atoms with Gasteiger partial charge < -0.3 is 5.73 Å². The number of halogens is 1. The van der Waals surface area contributed by atoms with E-state index in [0.29, 0.717) is 19.4 Å². The first kappa shape index (κ1) is 13.5. The van der Waals surface area contributed by atoms with E-state index in [1.54, 1.807) is 11.3 Å². The molecule has 0 amide bonds. The number of hydrogen-bond donors (Lipinski definition) is 1.